The molecule has 0 radical (unpaired) electrons. The molecule has 164 valence electrons. The van der Waals surface area contributed by atoms with E-state index >= 15 is 0 Å². The molecule has 3 N–H and O–H groups in total. The van der Waals surface area contributed by atoms with Gasteiger partial charge in [0.2, 0.25) is 0 Å². The minimum absolute atomic E-state index is 0.212. The predicted molar refractivity (Wildman–Crippen MR) is 116 cm³/mol. The van der Waals surface area contributed by atoms with Crippen molar-refractivity contribution in [2.45, 2.75) is 44.2 Å². The van der Waals surface area contributed by atoms with Gasteiger partial charge in [-0.2, -0.15) is 8.42 Å². The monoisotopic (exact) mass is 454 g/mol. The summed E-state index contributed by atoms with van der Waals surface area (Å²) < 4.78 is 50.5. The molecule has 2 rings (SSSR count). The SMILES string of the molecule is CC(C)=CCc1ccccc1OC(Cc1ccccc1)CC(P(=O)(O)O)S(=O)(=O)O. The van der Waals surface area contributed by atoms with Gasteiger partial charge in [0.1, 0.15) is 11.9 Å². The summed E-state index contributed by atoms with van der Waals surface area (Å²) >= 11 is 0. The molecule has 0 heterocycles. The molecule has 0 amide bonds. The topological polar surface area (TPSA) is 121 Å². The first-order valence-electron chi connectivity index (χ1n) is 9.40. The van der Waals surface area contributed by atoms with Crippen LogP contribution in [-0.4, -0.2) is 33.9 Å². The molecule has 0 fully saturated rings. The quantitative estimate of drug-likeness (QED) is 0.282. The van der Waals surface area contributed by atoms with E-state index in [4.69, 9.17) is 4.74 Å². The van der Waals surface area contributed by atoms with Crippen LogP contribution >= 0.6 is 7.60 Å². The molecule has 0 bridgehead atoms. The standard InChI is InChI=1S/C21H27O7PS/c1-16(2)12-13-18-10-6-7-11-20(18)28-19(14-17-8-4-3-5-9-17)15-21(29(22,23)24)30(25,26)27/h3-12,19,21H,13-15H2,1-2H3,(H2,22,23,24)(H,25,26,27). The molecule has 0 aliphatic rings. The van der Waals surface area contributed by atoms with Crippen molar-refractivity contribution in [3.05, 3.63) is 77.4 Å². The zero-order valence-electron chi connectivity index (χ0n) is 16.9. The number of hydrogen-bond acceptors (Lipinski definition) is 4. The van der Waals surface area contributed by atoms with E-state index < -0.39 is 35.2 Å². The smallest absolute Gasteiger partial charge is 0.346 e. The second kappa shape index (κ2) is 10.4. The summed E-state index contributed by atoms with van der Waals surface area (Å²) in [7, 11) is -10.1. The summed E-state index contributed by atoms with van der Waals surface area (Å²) in [5.41, 5.74) is 2.79. The summed E-state index contributed by atoms with van der Waals surface area (Å²) in [5, 5.41) is 0. The molecule has 2 unspecified atom stereocenters. The molecular weight excluding hydrogens is 427 g/mol. The van der Waals surface area contributed by atoms with E-state index in [0.29, 0.717) is 12.2 Å². The van der Waals surface area contributed by atoms with E-state index in [1.165, 1.54) is 0 Å². The van der Waals surface area contributed by atoms with Crippen molar-refractivity contribution in [2.24, 2.45) is 0 Å². The van der Waals surface area contributed by atoms with Crippen LogP contribution in [0.25, 0.3) is 0 Å². The fourth-order valence-corrected chi connectivity index (χ4v) is 5.34. The lowest BCUT2D eigenvalue weighted by molar-refractivity contribution is 0.189. The van der Waals surface area contributed by atoms with Crippen LogP contribution in [0.2, 0.25) is 0 Å². The number of allylic oxidation sites excluding steroid dienone is 2. The van der Waals surface area contributed by atoms with Crippen molar-refractivity contribution < 1.29 is 32.1 Å². The number of hydrogen-bond donors (Lipinski definition) is 3. The van der Waals surface area contributed by atoms with E-state index in [9.17, 15) is 27.3 Å². The van der Waals surface area contributed by atoms with Crippen LogP contribution in [0, 0.1) is 0 Å². The Morgan fingerprint density at radius 2 is 1.67 bits per heavy atom. The number of rotatable bonds is 10. The van der Waals surface area contributed by atoms with E-state index in [1.807, 2.05) is 50.3 Å². The molecular formula is C21H27O7PS. The van der Waals surface area contributed by atoms with Gasteiger partial charge in [-0.25, -0.2) is 0 Å². The van der Waals surface area contributed by atoms with Gasteiger partial charge >= 0.3 is 7.60 Å². The van der Waals surface area contributed by atoms with Gasteiger partial charge in [0, 0.05) is 12.8 Å². The zero-order valence-corrected chi connectivity index (χ0v) is 18.6. The van der Waals surface area contributed by atoms with Gasteiger partial charge in [0.15, 0.2) is 4.99 Å². The Kier molecular flexibility index (Phi) is 8.41. The van der Waals surface area contributed by atoms with Gasteiger partial charge in [0.05, 0.1) is 0 Å². The third-order valence-corrected chi connectivity index (χ3v) is 7.95. The summed E-state index contributed by atoms with van der Waals surface area (Å²) in [4.78, 5) is 16.7. The van der Waals surface area contributed by atoms with Crippen molar-refractivity contribution in [2.75, 3.05) is 0 Å². The third-order valence-electron chi connectivity index (χ3n) is 4.49. The van der Waals surface area contributed by atoms with Crippen molar-refractivity contribution in [1.82, 2.24) is 0 Å². The highest BCUT2D eigenvalue weighted by molar-refractivity contribution is 7.93. The maximum Gasteiger partial charge on any atom is 0.346 e. The largest absolute Gasteiger partial charge is 0.490 e. The highest BCUT2D eigenvalue weighted by Gasteiger charge is 2.42. The maximum absolute atomic E-state index is 11.8. The van der Waals surface area contributed by atoms with Crippen LogP contribution < -0.4 is 4.74 Å². The van der Waals surface area contributed by atoms with E-state index in [-0.39, 0.29) is 6.42 Å². The Bertz CT molecular complexity index is 1010. The highest BCUT2D eigenvalue weighted by Crippen LogP contribution is 2.46. The van der Waals surface area contributed by atoms with Crippen molar-refractivity contribution >= 4 is 17.7 Å². The Balaban J connectivity index is 2.38. The zero-order chi connectivity index (χ0) is 22.4. The number of benzene rings is 2. The molecule has 0 aliphatic heterocycles. The molecule has 0 spiro atoms. The van der Waals surface area contributed by atoms with Crippen molar-refractivity contribution in [1.29, 1.82) is 0 Å². The van der Waals surface area contributed by atoms with Gasteiger partial charge in [-0.15, -0.1) is 0 Å². The average molecular weight is 454 g/mol. The Labute approximate surface area is 177 Å². The second-order valence-electron chi connectivity index (χ2n) is 7.32. The Morgan fingerprint density at radius 1 is 1.07 bits per heavy atom. The lowest BCUT2D eigenvalue weighted by Gasteiger charge is -2.25. The normalized spacial score (nSPS) is 14.0. The number of para-hydroxylation sites is 1. The third kappa shape index (κ3) is 7.70. The highest BCUT2D eigenvalue weighted by atomic mass is 32.2. The minimum Gasteiger partial charge on any atom is -0.490 e. The molecule has 7 nitrogen and oxygen atoms in total. The Hall–Kier alpha value is -1.96. The molecule has 0 saturated carbocycles. The minimum atomic E-state index is -5.13. The van der Waals surface area contributed by atoms with Gasteiger partial charge in [-0.1, -0.05) is 60.2 Å². The van der Waals surface area contributed by atoms with Gasteiger partial charge in [-0.3, -0.25) is 9.12 Å². The van der Waals surface area contributed by atoms with Gasteiger partial charge in [0.25, 0.3) is 10.1 Å². The van der Waals surface area contributed by atoms with E-state index in [0.717, 1.165) is 16.7 Å². The second-order valence-corrected chi connectivity index (χ2v) is 11.1. The molecule has 30 heavy (non-hydrogen) atoms. The molecule has 2 atom stereocenters. The van der Waals surface area contributed by atoms with E-state index in [1.54, 1.807) is 24.3 Å². The number of ether oxygens (including phenoxy) is 1. The first-order chi connectivity index (χ1) is 14.0. The van der Waals surface area contributed by atoms with Crippen LogP contribution in [0.5, 0.6) is 5.75 Å². The fourth-order valence-electron chi connectivity index (χ4n) is 2.99. The summed E-state index contributed by atoms with van der Waals surface area (Å²) in [6, 6.07) is 16.3. The predicted octanol–water partition coefficient (Wildman–Crippen LogP) is 3.97. The maximum atomic E-state index is 11.8. The first-order valence-corrected chi connectivity index (χ1v) is 12.6. The molecule has 0 aliphatic carbocycles. The van der Waals surface area contributed by atoms with Crippen LogP contribution in [-0.2, 0) is 27.5 Å². The lowest BCUT2D eigenvalue weighted by Crippen LogP contribution is -2.31. The molecule has 2 aromatic rings. The van der Waals surface area contributed by atoms with Crippen LogP contribution in [0.1, 0.15) is 31.4 Å². The summed E-state index contributed by atoms with van der Waals surface area (Å²) in [6.45, 7) is 3.94. The molecule has 9 heteroatoms. The van der Waals surface area contributed by atoms with Crippen LogP contribution in [0.15, 0.2) is 66.2 Å². The summed E-state index contributed by atoms with van der Waals surface area (Å²) in [5.74, 6) is 0.496. The van der Waals surface area contributed by atoms with Crippen LogP contribution in [0.3, 0.4) is 0 Å². The lowest BCUT2D eigenvalue weighted by atomic mass is 10.1. The van der Waals surface area contributed by atoms with Gasteiger partial charge < -0.3 is 14.5 Å². The van der Waals surface area contributed by atoms with Gasteiger partial charge in [-0.05, 0) is 37.5 Å². The fraction of sp³-hybridized carbons (Fsp3) is 0.333. The van der Waals surface area contributed by atoms with Crippen LogP contribution in [0.4, 0.5) is 0 Å². The van der Waals surface area contributed by atoms with E-state index in [2.05, 4.69) is 0 Å². The van der Waals surface area contributed by atoms with Crippen molar-refractivity contribution in [3.63, 3.8) is 0 Å². The van der Waals surface area contributed by atoms with Crippen molar-refractivity contribution in [3.8, 4) is 5.75 Å². The molecule has 0 saturated heterocycles. The summed E-state index contributed by atoms with van der Waals surface area (Å²) in [6.07, 6.45) is 1.38. The first kappa shape index (κ1) is 24.3. The Morgan fingerprint density at radius 3 is 2.23 bits per heavy atom. The average Bonchev–Trinajstić information content (AvgIpc) is 2.64. The molecule has 0 aromatic heterocycles. The molecule has 2 aromatic carbocycles.